The highest BCUT2D eigenvalue weighted by atomic mass is 16.6. The maximum absolute atomic E-state index is 12.3. The lowest BCUT2D eigenvalue weighted by atomic mass is 10.1. The molecule has 146 valence electrons. The number of anilines is 2. The summed E-state index contributed by atoms with van der Waals surface area (Å²) >= 11 is 0. The topological polar surface area (TPSA) is 88.7 Å². The molecule has 2 aromatic rings. The van der Waals surface area contributed by atoms with Crippen LogP contribution in [0.1, 0.15) is 24.5 Å². The number of fused-ring (bicyclic) bond motifs is 2. The zero-order chi connectivity index (χ0) is 19.5. The number of nitrogens with one attached hydrogen (secondary N) is 3. The first-order chi connectivity index (χ1) is 13.6. The molecule has 1 unspecified atom stereocenters. The van der Waals surface area contributed by atoms with Crippen LogP contribution in [0.5, 0.6) is 11.5 Å². The molecule has 3 N–H and O–H groups in total. The number of carbonyl (C=O) groups is 2. The number of aryl methyl sites for hydroxylation is 2. The first-order valence-corrected chi connectivity index (χ1v) is 9.48. The highest BCUT2D eigenvalue weighted by molar-refractivity contribution is 6.03. The Balaban J connectivity index is 1.32. The van der Waals surface area contributed by atoms with Crippen LogP contribution in [0.4, 0.5) is 16.2 Å². The average molecular weight is 381 g/mol. The van der Waals surface area contributed by atoms with E-state index >= 15 is 0 Å². The Morgan fingerprint density at radius 3 is 2.54 bits per heavy atom. The van der Waals surface area contributed by atoms with Crippen molar-refractivity contribution in [3.63, 3.8) is 0 Å². The molecule has 2 aromatic carbocycles. The van der Waals surface area contributed by atoms with Crippen molar-refractivity contribution in [2.45, 2.75) is 32.2 Å². The Morgan fingerprint density at radius 1 is 0.929 bits per heavy atom. The molecular weight excluding hydrogens is 358 g/mol. The van der Waals surface area contributed by atoms with Crippen molar-refractivity contribution in [2.75, 3.05) is 23.8 Å². The molecule has 1 heterocycles. The summed E-state index contributed by atoms with van der Waals surface area (Å²) < 4.78 is 10.9. The van der Waals surface area contributed by atoms with E-state index in [2.05, 4.69) is 28.1 Å². The minimum absolute atomic E-state index is 0.407. The molecule has 28 heavy (non-hydrogen) atoms. The highest BCUT2D eigenvalue weighted by Gasteiger charge is 2.18. The molecule has 1 aliphatic carbocycles. The predicted molar refractivity (Wildman–Crippen MR) is 106 cm³/mol. The quantitative estimate of drug-likeness (QED) is 0.757. The van der Waals surface area contributed by atoms with Crippen molar-refractivity contribution in [1.29, 1.82) is 0 Å². The number of benzene rings is 2. The second-order valence-electron chi connectivity index (χ2n) is 7.00. The van der Waals surface area contributed by atoms with Gasteiger partial charge in [0.05, 0.1) is 0 Å². The Labute approximate surface area is 163 Å². The fourth-order valence-electron chi connectivity index (χ4n) is 3.48. The van der Waals surface area contributed by atoms with Crippen LogP contribution in [0.2, 0.25) is 0 Å². The lowest BCUT2D eigenvalue weighted by Crippen LogP contribution is -2.42. The van der Waals surface area contributed by atoms with Crippen molar-refractivity contribution < 1.29 is 19.1 Å². The van der Waals surface area contributed by atoms with Gasteiger partial charge in [-0.3, -0.25) is 10.1 Å². The number of urea groups is 1. The Kier molecular flexibility index (Phi) is 5.06. The second kappa shape index (κ2) is 7.80. The molecule has 2 aliphatic rings. The van der Waals surface area contributed by atoms with E-state index in [0.717, 1.165) is 18.5 Å². The summed E-state index contributed by atoms with van der Waals surface area (Å²) in [5.41, 5.74) is 4.11. The fourth-order valence-corrected chi connectivity index (χ4v) is 3.48. The summed E-state index contributed by atoms with van der Waals surface area (Å²) in [5.74, 6) is 0.804. The van der Waals surface area contributed by atoms with Crippen LogP contribution < -0.4 is 25.4 Å². The molecule has 1 atom stereocenters. The zero-order valence-corrected chi connectivity index (χ0v) is 15.7. The molecule has 0 saturated carbocycles. The third-order valence-corrected chi connectivity index (χ3v) is 4.91. The standard InChI is InChI=1S/C21H23N3O4/c1-13(22-16-6-5-14-3-2-4-15(14)11-16)20(25)24-21(26)23-17-7-8-18-19(12-17)28-10-9-27-18/h5-8,11-13,22H,2-4,9-10H2,1H3,(H2,23,24,25,26). The molecule has 0 bridgehead atoms. The normalized spacial score (nSPS) is 15.3. The van der Waals surface area contributed by atoms with E-state index in [0.29, 0.717) is 30.4 Å². The van der Waals surface area contributed by atoms with Gasteiger partial charge in [0, 0.05) is 17.4 Å². The second-order valence-corrected chi connectivity index (χ2v) is 7.00. The predicted octanol–water partition coefficient (Wildman–Crippen LogP) is 3.10. The monoisotopic (exact) mass is 381 g/mol. The molecule has 4 rings (SSSR count). The number of ether oxygens (including phenoxy) is 2. The van der Waals surface area contributed by atoms with Gasteiger partial charge in [-0.2, -0.15) is 0 Å². The van der Waals surface area contributed by atoms with E-state index in [1.807, 2.05) is 6.07 Å². The first-order valence-electron chi connectivity index (χ1n) is 9.48. The number of hydrogen-bond donors (Lipinski definition) is 3. The molecule has 3 amide bonds. The van der Waals surface area contributed by atoms with E-state index in [-0.39, 0.29) is 0 Å². The van der Waals surface area contributed by atoms with Crippen LogP contribution in [0.25, 0.3) is 0 Å². The van der Waals surface area contributed by atoms with E-state index < -0.39 is 18.0 Å². The number of imide groups is 1. The summed E-state index contributed by atoms with van der Waals surface area (Å²) in [6, 6.07) is 10.1. The molecule has 1 aliphatic heterocycles. The van der Waals surface area contributed by atoms with Crippen molar-refractivity contribution in [2.24, 2.45) is 0 Å². The van der Waals surface area contributed by atoms with Gasteiger partial charge in [-0.15, -0.1) is 0 Å². The maximum atomic E-state index is 12.3. The van der Waals surface area contributed by atoms with Crippen LogP contribution in [0.3, 0.4) is 0 Å². The van der Waals surface area contributed by atoms with Gasteiger partial charge in [0.25, 0.3) is 0 Å². The van der Waals surface area contributed by atoms with Crippen LogP contribution in [-0.2, 0) is 17.6 Å². The van der Waals surface area contributed by atoms with Gasteiger partial charge in [-0.1, -0.05) is 6.07 Å². The third kappa shape index (κ3) is 4.03. The highest BCUT2D eigenvalue weighted by Crippen LogP contribution is 2.32. The van der Waals surface area contributed by atoms with Crippen molar-refractivity contribution in [1.82, 2.24) is 5.32 Å². The van der Waals surface area contributed by atoms with Crippen molar-refractivity contribution >= 4 is 23.3 Å². The molecule has 0 radical (unpaired) electrons. The van der Waals surface area contributed by atoms with Crippen LogP contribution in [0.15, 0.2) is 36.4 Å². The summed E-state index contributed by atoms with van der Waals surface area (Å²) in [4.78, 5) is 24.5. The van der Waals surface area contributed by atoms with Gasteiger partial charge in [0.15, 0.2) is 11.5 Å². The molecule has 0 saturated heterocycles. The molecule has 0 spiro atoms. The largest absolute Gasteiger partial charge is 0.486 e. The maximum Gasteiger partial charge on any atom is 0.325 e. The van der Waals surface area contributed by atoms with Gasteiger partial charge < -0.3 is 20.1 Å². The molecule has 0 fully saturated rings. The number of rotatable bonds is 4. The summed E-state index contributed by atoms with van der Waals surface area (Å²) in [7, 11) is 0. The number of carbonyl (C=O) groups excluding carboxylic acids is 2. The third-order valence-electron chi connectivity index (χ3n) is 4.91. The summed E-state index contributed by atoms with van der Waals surface area (Å²) in [6.45, 7) is 2.69. The van der Waals surface area contributed by atoms with E-state index in [4.69, 9.17) is 9.47 Å². The Hall–Kier alpha value is -3.22. The number of hydrogen-bond acceptors (Lipinski definition) is 5. The average Bonchev–Trinajstić information content (AvgIpc) is 3.15. The van der Waals surface area contributed by atoms with Gasteiger partial charge >= 0.3 is 6.03 Å². The van der Waals surface area contributed by atoms with Crippen molar-refractivity contribution in [3.05, 3.63) is 47.5 Å². The molecule has 7 heteroatoms. The molecule has 0 aromatic heterocycles. The van der Waals surface area contributed by atoms with Gasteiger partial charge in [-0.05, 0) is 61.6 Å². The lowest BCUT2D eigenvalue weighted by Gasteiger charge is -2.19. The van der Waals surface area contributed by atoms with E-state index in [1.165, 1.54) is 17.5 Å². The Bertz CT molecular complexity index is 913. The minimum Gasteiger partial charge on any atom is -0.486 e. The van der Waals surface area contributed by atoms with E-state index in [9.17, 15) is 9.59 Å². The SMILES string of the molecule is CC(Nc1ccc2c(c1)CCC2)C(=O)NC(=O)Nc1ccc2c(c1)OCCO2. The van der Waals surface area contributed by atoms with Crippen molar-refractivity contribution in [3.8, 4) is 11.5 Å². The van der Waals surface area contributed by atoms with Gasteiger partial charge in [0.1, 0.15) is 19.3 Å². The van der Waals surface area contributed by atoms with Crippen LogP contribution >= 0.6 is 0 Å². The van der Waals surface area contributed by atoms with Crippen LogP contribution in [-0.4, -0.2) is 31.2 Å². The van der Waals surface area contributed by atoms with Gasteiger partial charge in [-0.25, -0.2) is 4.79 Å². The molecular formula is C21H23N3O4. The first kappa shape index (κ1) is 18.2. The fraction of sp³-hybridized carbons (Fsp3) is 0.333. The lowest BCUT2D eigenvalue weighted by molar-refractivity contribution is -0.120. The number of amides is 3. The molecule has 7 nitrogen and oxygen atoms in total. The minimum atomic E-state index is -0.593. The Morgan fingerprint density at radius 2 is 1.68 bits per heavy atom. The zero-order valence-electron chi connectivity index (χ0n) is 15.7. The van der Waals surface area contributed by atoms with Crippen LogP contribution in [0, 0.1) is 0 Å². The van der Waals surface area contributed by atoms with Gasteiger partial charge in [0.2, 0.25) is 5.91 Å². The summed E-state index contributed by atoms with van der Waals surface area (Å²) in [5, 5.41) is 8.15. The smallest absolute Gasteiger partial charge is 0.325 e. The van der Waals surface area contributed by atoms with E-state index in [1.54, 1.807) is 25.1 Å². The summed E-state index contributed by atoms with van der Waals surface area (Å²) in [6.07, 6.45) is 3.36.